The molecular formula is C23H26O6S. The fraction of sp³-hybridized carbons (Fsp3) is 0.391. The summed E-state index contributed by atoms with van der Waals surface area (Å²) in [5, 5.41) is -1.30. The molecule has 0 unspecified atom stereocenters. The van der Waals surface area contributed by atoms with Crippen molar-refractivity contribution in [3.8, 4) is 0 Å². The predicted octanol–water partition coefficient (Wildman–Crippen LogP) is 3.36. The molecule has 2 aromatic rings. The molecule has 0 aromatic heterocycles. The minimum Gasteiger partial charge on any atom is -0.465 e. The van der Waals surface area contributed by atoms with E-state index in [9.17, 15) is 18.0 Å². The Morgan fingerprint density at radius 1 is 0.833 bits per heavy atom. The summed E-state index contributed by atoms with van der Waals surface area (Å²) in [6, 6.07) is 13.5. The number of hydrogen-bond acceptors (Lipinski definition) is 6. The third-order valence-electron chi connectivity index (χ3n) is 5.48. The molecule has 0 heterocycles. The third kappa shape index (κ3) is 3.51. The topological polar surface area (TPSA) is 86.7 Å². The Kier molecular flexibility index (Phi) is 6.04. The minimum atomic E-state index is -4.03. The zero-order valence-corrected chi connectivity index (χ0v) is 18.4. The standard InChI is InChI=1S/C23H26O6S/c1-5-28-21(24)23(22(25)29-6-2)19(17-11-7-15(3)8-12-17)20(23)30(26,27)18-13-9-16(4)10-14-18/h7-14,19-20H,5-6H2,1-4H3/t19-,20-/m0/s1. The smallest absolute Gasteiger partial charge is 0.325 e. The van der Waals surface area contributed by atoms with Crippen molar-refractivity contribution in [2.24, 2.45) is 5.41 Å². The van der Waals surface area contributed by atoms with Crippen molar-refractivity contribution in [1.29, 1.82) is 0 Å². The Bertz CT molecular complexity index is 1020. The normalized spacial score (nSPS) is 19.7. The van der Waals surface area contributed by atoms with E-state index in [1.807, 2.05) is 26.0 Å². The van der Waals surface area contributed by atoms with Crippen LogP contribution in [0.15, 0.2) is 53.4 Å². The van der Waals surface area contributed by atoms with Gasteiger partial charge in [-0.15, -0.1) is 0 Å². The largest absolute Gasteiger partial charge is 0.465 e. The van der Waals surface area contributed by atoms with E-state index in [1.54, 1.807) is 38.1 Å². The Morgan fingerprint density at radius 3 is 1.70 bits per heavy atom. The zero-order valence-electron chi connectivity index (χ0n) is 17.5. The van der Waals surface area contributed by atoms with Crippen LogP contribution in [0.3, 0.4) is 0 Å². The summed E-state index contributed by atoms with van der Waals surface area (Å²) in [4.78, 5) is 26.2. The summed E-state index contributed by atoms with van der Waals surface area (Å²) in [7, 11) is -4.03. The van der Waals surface area contributed by atoms with Gasteiger partial charge in [-0.25, -0.2) is 8.42 Å². The molecular weight excluding hydrogens is 404 g/mol. The predicted molar refractivity (Wildman–Crippen MR) is 112 cm³/mol. The maximum Gasteiger partial charge on any atom is 0.325 e. The first-order valence-corrected chi connectivity index (χ1v) is 11.5. The number of esters is 2. The molecule has 1 aliphatic rings. The first-order valence-electron chi connectivity index (χ1n) is 9.92. The molecule has 1 aliphatic carbocycles. The molecule has 0 amide bonds. The van der Waals surface area contributed by atoms with Crippen LogP contribution in [0, 0.1) is 19.3 Å². The SMILES string of the molecule is CCOC(=O)C1(C(=O)OCC)[C@@H](c2ccc(C)cc2)[C@@H]1S(=O)(=O)c1ccc(C)cc1. The first kappa shape index (κ1) is 22.0. The molecule has 6 nitrogen and oxygen atoms in total. The number of sulfone groups is 1. The van der Waals surface area contributed by atoms with Crippen molar-refractivity contribution in [3.05, 3.63) is 65.2 Å². The highest BCUT2D eigenvalue weighted by atomic mass is 32.2. The third-order valence-corrected chi connectivity index (χ3v) is 7.72. The number of rotatable bonds is 7. The molecule has 3 rings (SSSR count). The van der Waals surface area contributed by atoms with Crippen molar-refractivity contribution in [2.75, 3.05) is 13.2 Å². The Morgan fingerprint density at radius 2 is 1.27 bits per heavy atom. The molecule has 2 atom stereocenters. The highest BCUT2D eigenvalue weighted by Crippen LogP contribution is 2.65. The fourth-order valence-electron chi connectivity index (χ4n) is 3.94. The fourth-order valence-corrected chi connectivity index (χ4v) is 6.23. The van der Waals surface area contributed by atoms with Crippen molar-refractivity contribution in [3.63, 3.8) is 0 Å². The quantitative estimate of drug-likeness (QED) is 0.495. The van der Waals surface area contributed by atoms with Crippen LogP contribution >= 0.6 is 0 Å². The van der Waals surface area contributed by atoms with E-state index in [4.69, 9.17) is 9.47 Å². The monoisotopic (exact) mass is 430 g/mol. The van der Waals surface area contributed by atoms with Crippen LogP contribution in [0.1, 0.15) is 36.5 Å². The van der Waals surface area contributed by atoms with Crippen LogP contribution < -0.4 is 0 Å². The van der Waals surface area contributed by atoms with Crippen molar-refractivity contribution >= 4 is 21.8 Å². The van der Waals surface area contributed by atoms with Gasteiger partial charge in [-0.05, 0) is 45.4 Å². The molecule has 30 heavy (non-hydrogen) atoms. The van der Waals surface area contributed by atoms with Gasteiger partial charge < -0.3 is 9.47 Å². The highest BCUT2D eigenvalue weighted by molar-refractivity contribution is 7.92. The summed E-state index contributed by atoms with van der Waals surface area (Å²) in [6.45, 7) is 7.04. The molecule has 2 aromatic carbocycles. The Labute approximate surface area is 177 Å². The van der Waals surface area contributed by atoms with Gasteiger partial charge in [0.15, 0.2) is 15.3 Å². The van der Waals surface area contributed by atoms with Crippen molar-refractivity contribution < 1.29 is 27.5 Å². The summed E-state index contributed by atoms with van der Waals surface area (Å²) < 4.78 is 37.5. The van der Waals surface area contributed by atoms with E-state index < -0.39 is 38.4 Å². The van der Waals surface area contributed by atoms with E-state index in [0.717, 1.165) is 11.1 Å². The van der Waals surface area contributed by atoms with Crippen LogP contribution in [0.5, 0.6) is 0 Å². The van der Waals surface area contributed by atoms with Crippen LogP contribution in [0.25, 0.3) is 0 Å². The first-order chi connectivity index (χ1) is 14.2. The van der Waals surface area contributed by atoms with E-state index in [2.05, 4.69) is 0 Å². The highest BCUT2D eigenvalue weighted by Gasteiger charge is 2.81. The number of ether oxygens (including phenoxy) is 2. The second kappa shape index (κ2) is 8.22. The Hall–Kier alpha value is -2.67. The minimum absolute atomic E-state index is 0.0257. The van der Waals surface area contributed by atoms with Gasteiger partial charge >= 0.3 is 11.9 Å². The molecule has 0 N–H and O–H groups in total. The number of carbonyl (C=O) groups excluding carboxylic acids is 2. The molecule has 1 fully saturated rings. The maximum atomic E-state index is 13.6. The van der Waals surface area contributed by atoms with E-state index in [0.29, 0.717) is 5.56 Å². The molecule has 1 saturated carbocycles. The van der Waals surface area contributed by atoms with Crippen LogP contribution in [0.2, 0.25) is 0 Å². The van der Waals surface area contributed by atoms with E-state index in [1.165, 1.54) is 12.1 Å². The van der Waals surface area contributed by atoms with E-state index >= 15 is 0 Å². The molecule has 7 heteroatoms. The van der Waals surface area contributed by atoms with E-state index in [-0.39, 0.29) is 18.1 Å². The number of aryl methyl sites for hydroxylation is 2. The molecule has 160 valence electrons. The van der Waals surface area contributed by atoms with Crippen LogP contribution in [-0.2, 0) is 28.9 Å². The second-order valence-corrected chi connectivity index (χ2v) is 9.55. The lowest BCUT2D eigenvalue weighted by molar-refractivity contribution is -0.164. The van der Waals surface area contributed by atoms with Crippen molar-refractivity contribution in [2.45, 2.75) is 43.8 Å². The lowest BCUT2D eigenvalue weighted by Gasteiger charge is -2.15. The number of carbonyl (C=O) groups is 2. The van der Waals surface area contributed by atoms with Gasteiger partial charge in [0.25, 0.3) is 0 Å². The summed E-state index contributed by atoms with van der Waals surface area (Å²) in [6.07, 6.45) is 0. The number of hydrogen-bond donors (Lipinski definition) is 0. The molecule has 0 saturated heterocycles. The lowest BCUT2D eigenvalue weighted by atomic mass is 9.98. The number of benzene rings is 2. The second-order valence-electron chi connectivity index (χ2n) is 7.48. The lowest BCUT2D eigenvalue weighted by Crippen LogP contribution is -2.35. The van der Waals surface area contributed by atoms with Gasteiger partial charge in [0.2, 0.25) is 0 Å². The average Bonchev–Trinajstić information content (AvgIpc) is 3.42. The summed E-state index contributed by atoms with van der Waals surface area (Å²) in [5.74, 6) is -2.62. The summed E-state index contributed by atoms with van der Waals surface area (Å²) in [5.41, 5.74) is 0.546. The Balaban J connectivity index is 2.19. The maximum absolute atomic E-state index is 13.6. The molecule has 0 spiro atoms. The zero-order chi connectivity index (χ0) is 22.1. The van der Waals surface area contributed by atoms with Gasteiger partial charge in [0, 0.05) is 5.92 Å². The molecule has 0 aliphatic heterocycles. The van der Waals surface area contributed by atoms with Gasteiger partial charge in [0.05, 0.1) is 18.1 Å². The van der Waals surface area contributed by atoms with Crippen molar-refractivity contribution in [1.82, 2.24) is 0 Å². The van der Waals surface area contributed by atoms with Gasteiger partial charge in [-0.2, -0.15) is 0 Å². The average molecular weight is 431 g/mol. The van der Waals surface area contributed by atoms with Gasteiger partial charge in [-0.3, -0.25) is 9.59 Å². The van der Waals surface area contributed by atoms with Gasteiger partial charge in [0.1, 0.15) is 5.25 Å². The van der Waals surface area contributed by atoms with Crippen LogP contribution in [-0.4, -0.2) is 38.8 Å². The summed E-state index contributed by atoms with van der Waals surface area (Å²) >= 11 is 0. The molecule has 0 bridgehead atoms. The molecule has 0 radical (unpaired) electrons. The van der Waals surface area contributed by atoms with Crippen LogP contribution in [0.4, 0.5) is 0 Å². The van der Waals surface area contributed by atoms with Gasteiger partial charge in [-0.1, -0.05) is 47.5 Å².